The smallest absolute Gasteiger partial charge is 0.274 e. The van der Waals surface area contributed by atoms with Crippen molar-refractivity contribution in [1.82, 2.24) is 4.98 Å². The van der Waals surface area contributed by atoms with Gasteiger partial charge in [0.15, 0.2) is 17.1 Å². The molecule has 0 fully saturated rings. The Kier molecular flexibility index (Phi) is 5.98. The SMILES string of the molecule is CCOc1cc([N+](=O)[O-])cc(C=Nc2ccc3oc(-c4ccc(Cl)cc4Cl)nc3c2)c1O. The number of ether oxygens (including phenoxy) is 1. The van der Waals surface area contributed by atoms with Crippen LogP contribution in [0.1, 0.15) is 12.5 Å². The van der Waals surface area contributed by atoms with E-state index < -0.39 is 4.92 Å². The number of benzene rings is 3. The van der Waals surface area contributed by atoms with Crippen LogP contribution in [-0.4, -0.2) is 27.8 Å². The Morgan fingerprint density at radius 1 is 1.22 bits per heavy atom. The molecule has 1 heterocycles. The first-order chi connectivity index (χ1) is 15.4. The van der Waals surface area contributed by atoms with Gasteiger partial charge in [0.2, 0.25) is 5.89 Å². The number of nitro groups is 1. The lowest BCUT2D eigenvalue weighted by Crippen LogP contribution is -1.97. The molecule has 8 nitrogen and oxygen atoms in total. The summed E-state index contributed by atoms with van der Waals surface area (Å²) in [5.41, 5.74) is 2.10. The van der Waals surface area contributed by atoms with Crippen LogP contribution in [-0.2, 0) is 0 Å². The van der Waals surface area contributed by atoms with Crippen molar-refractivity contribution in [2.75, 3.05) is 6.61 Å². The van der Waals surface area contributed by atoms with E-state index >= 15 is 0 Å². The molecule has 0 amide bonds. The molecule has 4 aromatic rings. The molecule has 0 saturated heterocycles. The monoisotopic (exact) mass is 471 g/mol. The van der Waals surface area contributed by atoms with Crippen LogP contribution >= 0.6 is 23.2 Å². The van der Waals surface area contributed by atoms with Crippen molar-refractivity contribution in [2.24, 2.45) is 4.99 Å². The van der Waals surface area contributed by atoms with Crippen LogP contribution in [0.25, 0.3) is 22.6 Å². The Morgan fingerprint density at radius 2 is 2.03 bits per heavy atom. The van der Waals surface area contributed by atoms with E-state index in [9.17, 15) is 15.2 Å². The van der Waals surface area contributed by atoms with Crippen molar-refractivity contribution in [3.8, 4) is 23.0 Å². The number of rotatable bonds is 6. The van der Waals surface area contributed by atoms with Crippen LogP contribution in [0.5, 0.6) is 11.5 Å². The van der Waals surface area contributed by atoms with E-state index in [0.29, 0.717) is 38.3 Å². The molecule has 0 radical (unpaired) electrons. The molecule has 1 N–H and O–H groups in total. The van der Waals surface area contributed by atoms with Gasteiger partial charge < -0.3 is 14.3 Å². The van der Waals surface area contributed by atoms with Gasteiger partial charge in [-0.1, -0.05) is 23.2 Å². The maximum atomic E-state index is 11.2. The second-order valence-corrected chi connectivity index (χ2v) is 7.47. The first kappa shape index (κ1) is 21.6. The summed E-state index contributed by atoms with van der Waals surface area (Å²) in [5, 5.41) is 22.5. The third kappa shape index (κ3) is 4.37. The molecule has 0 atom stereocenters. The fraction of sp³-hybridized carbons (Fsp3) is 0.0909. The second kappa shape index (κ2) is 8.86. The number of aromatic hydroxyl groups is 1. The number of phenols is 1. The summed E-state index contributed by atoms with van der Waals surface area (Å²) in [7, 11) is 0. The Hall–Kier alpha value is -3.62. The van der Waals surface area contributed by atoms with Crippen LogP contribution < -0.4 is 4.74 Å². The van der Waals surface area contributed by atoms with E-state index in [-0.39, 0.29) is 29.4 Å². The summed E-state index contributed by atoms with van der Waals surface area (Å²) in [6.45, 7) is 1.96. The maximum absolute atomic E-state index is 11.2. The molecular weight excluding hydrogens is 457 g/mol. The zero-order chi connectivity index (χ0) is 22.8. The van der Waals surface area contributed by atoms with E-state index in [0.717, 1.165) is 0 Å². The largest absolute Gasteiger partial charge is 0.504 e. The van der Waals surface area contributed by atoms with Gasteiger partial charge in [-0.25, -0.2) is 4.98 Å². The number of nitro benzene ring substituents is 1. The molecule has 0 aliphatic carbocycles. The van der Waals surface area contributed by atoms with Gasteiger partial charge in [0.05, 0.1) is 33.9 Å². The van der Waals surface area contributed by atoms with Crippen molar-refractivity contribution in [1.29, 1.82) is 0 Å². The summed E-state index contributed by atoms with van der Waals surface area (Å²) in [4.78, 5) is 19.4. The molecule has 0 spiro atoms. The molecule has 0 saturated carbocycles. The van der Waals surface area contributed by atoms with Gasteiger partial charge in [0.1, 0.15) is 5.52 Å². The molecule has 0 aliphatic rings. The van der Waals surface area contributed by atoms with Crippen LogP contribution in [0.3, 0.4) is 0 Å². The van der Waals surface area contributed by atoms with E-state index in [2.05, 4.69) is 9.98 Å². The summed E-state index contributed by atoms with van der Waals surface area (Å²) in [6.07, 6.45) is 1.32. The molecule has 162 valence electrons. The summed E-state index contributed by atoms with van der Waals surface area (Å²) in [5.74, 6) is 0.114. The summed E-state index contributed by atoms with van der Waals surface area (Å²) >= 11 is 12.2. The van der Waals surface area contributed by atoms with Gasteiger partial charge in [-0.15, -0.1) is 0 Å². The standard InChI is InChI=1S/C22H15Cl2N3O5/c1-2-31-20-10-15(27(29)30)7-12(21(20)28)11-25-14-4-6-19-18(9-14)26-22(32-19)16-5-3-13(23)8-17(16)24/h3-11,28H,2H2,1H3. The Balaban J connectivity index is 1.68. The molecule has 1 aromatic heterocycles. The quantitative estimate of drug-likeness (QED) is 0.193. The lowest BCUT2D eigenvalue weighted by Gasteiger charge is -2.07. The predicted molar refractivity (Wildman–Crippen MR) is 123 cm³/mol. The normalized spacial score (nSPS) is 11.3. The van der Waals surface area contributed by atoms with Gasteiger partial charge in [-0.2, -0.15) is 0 Å². The molecule has 3 aromatic carbocycles. The number of phenolic OH excluding ortho intramolecular Hbond substituents is 1. The van der Waals surface area contributed by atoms with Gasteiger partial charge in [-0.05, 0) is 43.3 Å². The zero-order valence-electron chi connectivity index (χ0n) is 16.6. The predicted octanol–water partition coefficient (Wildman–Crippen LogP) is 6.56. The van der Waals surface area contributed by atoms with Crippen molar-refractivity contribution < 1.29 is 19.2 Å². The third-order valence-electron chi connectivity index (χ3n) is 4.49. The number of nitrogens with zero attached hydrogens (tertiary/aromatic N) is 3. The highest BCUT2D eigenvalue weighted by molar-refractivity contribution is 6.36. The Labute approximate surface area is 191 Å². The molecule has 4 rings (SSSR count). The number of halogens is 2. The van der Waals surface area contributed by atoms with E-state index in [4.69, 9.17) is 32.4 Å². The van der Waals surface area contributed by atoms with Crippen LogP contribution in [0.2, 0.25) is 10.0 Å². The lowest BCUT2D eigenvalue weighted by molar-refractivity contribution is -0.385. The van der Waals surface area contributed by atoms with E-state index in [1.165, 1.54) is 18.3 Å². The second-order valence-electron chi connectivity index (χ2n) is 6.63. The highest BCUT2D eigenvalue weighted by Crippen LogP contribution is 2.35. The zero-order valence-corrected chi connectivity index (χ0v) is 18.1. The molecule has 0 aliphatic heterocycles. The molecule has 0 unspecified atom stereocenters. The maximum Gasteiger partial charge on any atom is 0.274 e. The Morgan fingerprint density at radius 3 is 2.75 bits per heavy atom. The number of non-ortho nitro benzene ring substituents is 1. The van der Waals surface area contributed by atoms with Crippen LogP contribution in [0, 0.1) is 10.1 Å². The van der Waals surface area contributed by atoms with Gasteiger partial charge in [-0.3, -0.25) is 15.1 Å². The first-order valence-corrected chi connectivity index (χ1v) is 10.2. The van der Waals surface area contributed by atoms with Gasteiger partial charge >= 0.3 is 0 Å². The number of aliphatic imine (C=N–C) groups is 1. The topological polar surface area (TPSA) is 111 Å². The molecule has 32 heavy (non-hydrogen) atoms. The number of hydrogen-bond donors (Lipinski definition) is 1. The van der Waals surface area contributed by atoms with Crippen LogP contribution in [0.15, 0.2) is 57.9 Å². The lowest BCUT2D eigenvalue weighted by atomic mass is 10.1. The minimum absolute atomic E-state index is 0.0135. The van der Waals surface area contributed by atoms with Gasteiger partial charge in [0, 0.05) is 22.9 Å². The minimum Gasteiger partial charge on any atom is -0.504 e. The summed E-state index contributed by atoms with van der Waals surface area (Å²) in [6, 6.07) is 12.5. The average Bonchev–Trinajstić information content (AvgIpc) is 3.17. The van der Waals surface area contributed by atoms with Crippen molar-refractivity contribution in [2.45, 2.75) is 6.92 Å². The fourth-order valence-electron chi connectivity index (χ4n) is 3.00. The molecular formula is C22H15Cl2N3O5. The Bertz CT molecular complexity index is 1370. The van der Waals surface area contributed by atoms with Crippen molar-refractivity contribution >= 4 is 51.9 Å². The molecule has 10 heteroatoms. The highest BCUT2D eigenvalue weighted by atomic mass is 35.5. The van der Waals surface area contributed by atoms with Crippen LogP contribution in [0.4, 0.5) is 11.4 Å². The summed E-state index contributed by atoms with van der Waals surface area (Å²) < 4.78 is 11.1. The fourth-order valence-corrected chi connectivity index (χ4v) is 3.49. The van der Waals surface area contributed by atoms with Crippen molar-refractivity contribution in [3.63, 3.8) is 0 Å². The minimum atomic E-state index is -0.565. The average molecular weight is 472 g/mol. The van der Waals surface area contributed by atoms with Crippen molar-refractivity contribution in [3.05, 3.63) is 74.3 Å². The third-order valence-corrected chi connectivity index (χ3v) is 5.03. The number of oxazole rings is 1. The first-order valence-electron chi connectivity index (χ1n) is 9.40. The number of hydrogen-bond acceptors (Lipinski definition) is 7. The van der Waals surface area contributed by atoms with Gasteiger partial charge in [0.25, 0.3) is 5.69 Å². The number of aromatic nitrogens is 1. The van der Waals surface area contributed by atoms with E-state index in [1.54, 1.807) is 43.3 Å². The number of fused-ring (bicyclic) bond motifs is 1. The van der Waals surface area contributed by atoms with E-state index in [1.807, 2.05) is 0 Å². The molecule has 0 bridgehead atoms. The highest BCUT2D eigenvalue weighted by Gasteiger charge is 2.16.